The zero-order valence-electron chi connectivity index (χ0n) is 9.08. The van der Waals surface area contributed by atoms with Crippen molar-refractivity contribution in [1.29, 1.82) is 0 Å². The van der Waals surface area contributed by atoms with Crippen LogP contribution in [0, 0.1) is 11.8 Å². The van der Waals surface area contributed by atoms with Gasteiger partial charge in [-0.2, -0.15) is 25.8 Å². The lowest BCUT2D eigenvalue weighted by atomic mass is 10.0. The molecule has 18 heavy (non-hydrogen) atoms. The van der Waals surface area contributed by atoms with Gasteiger partial charge in [0.25, 0.3) is 0 Å². The average Bonchev–Trinajstić information content (AvgIpc) is 2.27. The molecule has 0 bridgehead atoms. The summed E-state index contributed by atoms with van der Waals surface area (Å²) in [5.74, 6) is 4.14. The Hall–Kier alpha value is -1.61. The van der Waals surface area contributed by atoms with E-state index in [4.69, 9.17) is 5.11 Å². The molecule has 0 aliphatic heterocycles. The molecule has 6 heteroatoms. The first-order valence-corrected chi connectivity index (χ1v) is 5.53. The molecule has 0 amide bonds. The predicted octanol–water partition coefficient (Wildman–Crippen LogP) is 3.08. The van der Waals surface area contributed by atoms with Crippen molar-refractivity contribution >= 4 is 18.6 Å². The Balaban J connectivity index is 3.26. The van der Waals surface area contributed by atoms with E-state index in [0.717, 1.165) is 18.2 Å². The minimum Gasteiger partial charge on any atom is -0.478 e. The highest BCUT2D eigenvalue weighted by atomic mass is 32.1. The van der Waals surface area contributed by atoms with E-state index in [9.17, 15) is 18.0 Å². The van der Waals surface area contributed by atoms with Gasteiger partial charge in [-0.15, -0.1) is 0 Å². The summed E-state index contributed by atoms with van der Waals surface area (Å²) in [7, 11) is 0. The van der Waals surface area contributed by atoms with Crippen LogP contribution in [0.25, 0.3) is 0 Å². The first-order chi connectivity index (χ1) is 8.36. The maximum Gasteiger partial charge on any atom is 0.416 e. The Morgan fingerprint density at radius 3 is 2.56 bits per heavy atom. The highest BCUT2D eigenvalue weighted by Crippen LogP contribution is 2.30. The number of carboxylic acid groups (broad SMARTS) is 1. The SMILES string of the molecule is O=C(O)c1ccc(C(F)(F)F)cc1C#CCCS. The largest absolute Gasteiger partial charge is 0.478 e. The molecule has 0 saturated carbocycles. The molecule has 0 saturated heterocycles. The number of carbonyl (C=O) groups is 1. The van der Waals surface area contributed by atoms with Crippen LogP contribution < -0.4 is 0 Å². The molecule has 0 aliphatic rings. The van der Waals surface area contributed by atoms with Gasteiger partial charge in [-0.3, -0.25) is 0 Å². The van der Waals surface area contributed by atoms with Gasteiger partial charge >= 0.3 is 12.1 Å². The number of hydrogen-bond donors (Lipinski definition) is 2. The molecule has 1 N–H and O–H groups in total. The fourth-order valence-corrected chi connectivity index (χ4v) is 1.34. The first-order valence-electron chi connectivity index (χ1n) is 4.90. The first kappa shape index (κ1) is 14.5. The second kappa shape index (κ2) is 5.83. The lowest BCUT2D eigenvalue weighted by molar-refractivity contribution is -0.137. The van der Waals surface area contributed by atoms with Crippen LogP contribution in [0.3, 0.4) is 0 Å². The van der Waals surface area contributed by atoms with Crippen molar-refractivity contribution < 1.29 is 23.1 Å². The minimum absolute atomic E-state index is 0.140. The summed E-state index contributed by atoms with van der Waals surface area (Å²) >= 11 is 3.90. The maximum absolute atomic E-state index is 12.5. The third kappa shape index (κ3) is 3.70. The summed E-state index contributed by atoms with van der Waals surface area (Å²) < 4.78 is 37.4. The summed E-state index contributed by atoms with van der Waals surface area (Å²) in [6.45, 7) is 0. The van der Waals surface area contributed by atoms with E-state index in [1.807, 2.05) is 0 Å². The zero-order valence-corrected chi connectivity index (χ0v) is 9.98. The zero-order chi connectivity index (χ0) is 13.8. The number of aromatic carboxylic acids is 1. The predicted molar refractivity (Wildman–Crippen MR) is 63.8 cm³/mol. The Morgan fingerprint density at radius 2 is 2.06 bits per heavy atom. The van der Waals surface area contributed by atoms with Crippen LogP contribution in [0.15, 0.2) is 18.2 Å². The van der Waals surface area contributed by atoms with Crippen LogP contribution in [0.4, 0.5) is 13.2 Å². The normalized spacial score (nSPS) is 10.7. The molecule has 0 spiro atoms. The monoisotopic (exact) mass is 274 g/mol. The van der Waals surface area contributed by atoms with Gasteiger partial charge in [-0.1, -0.05) is 11.8 Å². The third-order valence-corrected chi connectivity index (χ3v) is 2.26. The fourth-order valence-electron chi connectivity index (χ4n) is 1.22. The molecule has 0 aliphatic carbocycles. The molecule has 0 aromatic heterocycles. The summed E-state index contributed by atoms with van der Waals surface area (Å²) in [5.41, 5.74) is -1.29. The van der Waals surface area contributed by atoms with E-state index in [2.05, 4.69) is 24.5 Å². The van der Waals surface area contributed by atoms with Crippen molar-refractivity contribution in [1.82, 2.24) is 0 Å². The quantitative estimate of drug-likeness (QED) is 0.642. The topological polar surface area (TPSA) is 37.3 Å². The van der Waals surface area contributed by atoms with E-state index >= 15 is 0 Å². The summed E-state index contributed by atoms with van der Waals surface area (Å²) in [4.78, 5) is 10.9. The van der Waals surface area contributed by atoms with Gasteiger partial charge in [0.15, 0.2) is 0 Å². The van der Waals surface area contributed by atoms with Gasteiger partial charge in [0.2, 0.25) is 0 Å². The summed E-state index contributed by atoms with van der Waals surface area (Å²) in [6, 6.07) is 2.39. The minimum atomic E-state index is -4.52. The lowest BCUT2D eigenvalue weighted by Crippen LogP contribution is -2.08. The number of hydrogen-bond acceptors (Lipinski definition) is 2. The summed E-state index contributed by atoms with van der Waals surface area (Å²) in [6.07, 6.45) is -4.14. The number of alkyl halides is 3. The van der Waals surface area contributed by atoms with E-state index < -0.39 is 17.7 Å². The lowest BCUT2D eigenvalue weighted by Gasteiger charge is -2.08. The van der Waals surface area contributed by atoms with Gasteiger partial charge in [0.1, 0.15) is 0 Å². The molecule has 1 aromatic carbocycles. The van der Waals surface area contributed by atoms with E-state index in [0.29, 0.717) is 12.2 Å². The molecule has 1 aromatic rings. The molecule has 0 fully saturated rings. The highest BCUT2D eigenvalue weighted by molar-refractivity contribution is 7.80. The second-order valence-electron chi connectivity index (χ2n) is 3.34. The smallest absolute Gasteiger partial charge is 0.416 e. The van der Waals surface area contributed by atoms with Gasteiger partial charge in [0.05, 0.1) is 11.1 Å². The highest BCUT2D eigenvalue weighted by Gasteiger charge is 2.31. The molecule has 2 nitrogen and oxygen atoms in total. The van der Waals surface area contributed by atoms with Gasteiger partial charge < -0.3 is 5.11 Å². The molecular weight excluding hydrogens is 265 g/mol. The van der Waals surface area contributed by atoms with Gasteiger partial charge in [0, 0.05) is 17.7 Å². The number of halogens is 3. The van der Waals surface area contributed by atoms with Crippen LogP contribution in [-0.4, -0.2) is 16.8 Å². The van der Waals surface area contributed by atoms with Crippen molar-refractivity contribution in [2.45, 2.75) is 12.6 Å². The number of benzene rings is 1. The maximum atomic E-state index is 12.5. The number of rotatable bonds is 2. The van der Waals surface area contributed by atoms with E-state index in [1.54, 1.807) is 0 Å². The third-order valence-electron chi connectivity index (χ3n) is 2.04. The number of carboxylic acids is 1. The van der Waals surface area contributed by atoms with E-state index in [-0.39, 0.29) is 11.1 Å². The molecular formula is C12H9F3O2S. The molecule has 0 radical (unpaired) electrons. The van der Waals surface area contributed by atoms with E-state index in [1.165, 1.54) is 0 Å². The van der Waals surface area contributed by atoms with Crippen LogP contribution in [0.5, 0.6) is 0 Å². The van der Waals surface area contributed by atoms with Gasteiger partial charge in [-0.25, -0.2) is 4.79 Å². The summed E-state index contributed by atoms with van der Waals surface area (Å²) in [5, 5.41) is 8.85. The van der Waals surface area contributed by atoms with Crippen molar-refractivity contribution in [2.24, 2.45) is 0 Å². The molecule has 0 atom stereocenters. The van der Waals surface area contributed by atoms with Crippen LogP contribution in [-0.2, 0) is 6.18 Å². The molecule has 96 valence electrons. The molecule has 0 unspecified atom stereocenters. The Morgan fingerprint density at radius 1 is 1.39 bits per heavy atom. The van der Waals surface area contributed by atoms with Crippen LogP contribution in [0.1, 0.15) is 27.9 Å². The fraction of sp³-hybridized carbons (Fsp3) is 0.250. The van der Waals surface area contributed by atoms with Crippen molar-refractivity contribution in [2.75, 3.05) is 5.75 Å². The Labute approximate surface area is 107 Å². The number of thiol groups is 1. The van der Waals surface area contributed by atoms with Crippen LogP contribution >= 0.6 is 12.6 Å². The standard InChI is InChI=1S/C12H9F3O2S/c13-12(14,15)9-4-5-10(11(16)17)8(7-9)3-1-2-6-18/h4-5,7,18H,2,6H2,(H,16,17). The molecule has 0 heterocycles. The Bertz CT molecular complexity index is 512. The van der Waals surface area contributed by atoms with Crippen LogP contribution in [0.2, 0.25) is 0 Å². The van der Waals surface area contributed by atoms with Gasteiger partial charge in [-0.05, 0) is 18.2 Å². The van der Waals surface area contributed by atoms with Crippen molar-refractivity contribution in [3.05, 3.63) is 34.9 Å². The average molecular weight is 274 g/mol. The Kier molecular flexibility index (Phi) is 4.68. The molecule has 1 rings (SSSR count). The second-order valence-corrected chi connectivity index (χ2v) is 3.79. The van der Waals surface area contributed by atoms with Crippen molar-refractivity contribution in [3.63, 3.8) is 0 Å². The van der Waals surface area contributed by atoms with Crippen molar-refractivity contribution in [3.8, 4) is 11.8 Å².